The Labute approximate surface area is 122 Å². The number of hydrogen-bond acceptors (Lipinski definition) is 4. The Morgan fingerprint density at radius 1 is 1.38 bits per heavy atom. The summed E-state index contributed by atoms with van der Waals surface area (Å²) in [6.07, 6.45) is -0.158. The molecule has 2 aromatic rings. The number of carbonyl (C=O) groups is 1. The molecule has 0 aliphatic rings. The third-order valence-corrected chi connectivity index (χ3v) is 3.59. The molecule has 1 unspecified atom stereocenters. The second-order valence-corrected chi connectivity index (χ2v) is 5.11. The number of aryl methyl sites for hydroxylation is 2. The van der Waals surface area contributed by atoms with E-state index in [9.17, 15) is 9.59 Å². The van der Waals surface area contributed by atoms with Crippen molar-refractivity contribution in [2.24, 2.45) is 0 Å². The summed E-state index contributed by atoms with van der Waals surface area (Å²) in [6.45, 7) is 7.04. The van der Waals surface area contributed by atoms with Crippen molar-refractivity contribution in [3.63, 3.8) is 0 Å². The summed E-state index contributed by atoms with van der Waals surface area (Å²) in [7, 11) is 0. The maximum Gasteiger partial charge on any atom is 0.348 e. The first kappa shape index (κ1) is 15.0. The first-order valence-electron chi connectivity index (χ1n) is 6.68. The quantitative estimate of drug-likeness (QED) is 0.930. The number of carboxylic acid groups (broad SMARTS) is 1. The molecule has 0 amide bonds. The summed E-state index contributed by atoms with van der Waals surface area (Å²) in [4.78, 5) is 27.1. The van der Waals surface area contributed by atoms with E-state index in [1.807, 2.05) is 26.0 Å². The van der Waals surface area contributed by atoms with Gasteiger partial charge in [-0.15, -0.1) is 0 Å². The van der Waals surface area contributed by atoms with Crippen LogP contribution in [-0.4, -0.2) is 20.6 Å². The van der Waals surface area contributed by atoms with Gasteiger partial charge in [-0.3, -0.25) is 9.36 Å². The Morgan fingerprint density at radius 2 is 2.05 bits per heavy atom. The number of nitrogens with zero attached hydrogens (tertiary/aromatic N) is 2. The summed E-state index contributed by atoms with van der Waals surface area (Å²) >= 11 is 0. The van der Waals surface area contributed by atoms with Crippen molar-refractivity contribution in [3.05, 3.63) is 51.1 Å². The molecule has 0 saturated heterocycles. The van der Waals surface area contributed by atoms with E-state index in [4.69, 9.17) is 9.52 Å². The minimum Gasteiger partial charge on any atom is -0.481 e. The summed E-state index contributed by atoms with van der Waals surface area (Å²) in [5, 5.41) is 9.00. The van der Waals surface area contributed by atoms with Gasteiger partial charge in [0, 0.05) is 17.0 Å². The zero-order chi connectivity index (χ0) is 15.7. The number of aromatic nitrogens is 2. The Kier molecular flexibility index (Phi) is 3.97. The molecule has 0 spiro atoms. The second kappa shape index (κ2) is 5.55. The van der Waals surface area contributed by atoms with E-state index in [0.717, 1.165) is 5.76 Å². The summed E-state index contributed by atoms with van der Waals surface area (Å²) in [5.74, 6) is 0.452. The van der Waals surface area contributed by atoms with Crippen LogP contribution in [0.15, 0.2) is 21.3 Å². The van der Waals surface area contributed by atoms with E-state index >= 15 is 0 Å². The molecular formula is C15H18N2O4. The SMILES string of the molecule is Cc1ccc(C(C)n2c(C)c(CC(=O)O)c(C)nc2=O)o1. The van der Waals surface area contributed by atoms with Gasteiger partial charge in [-0.25, -0.2) is 4.79 Å². The van der Waals surface area contributed by atoms with Crippen LogP contribution in [0.2, 0.25) is 0 Å². The normalized spacial score (nSPS) is 12.4. The van der Waals surface area contributed by atoms with Crippen molar-refractivity contribution in [2.45, 2.75) is 40.2 Å². The van der Waals surface area contributed by atoms with Crippen LogP contribution in [0, 0.1) is 20.8 Å². The Morgan fingerprint density at radius 3 is 2.57 bits per heavy atom. The van der Waals surface area contributed by atoms with E-state index in [0.29, 0.717) is 22.7 Å². The number of carboxylic acids is 1. The lowest BCUT2D eigenvalue weighted by atomic mass is 10.1. The Balaban J connectivity index is 2.58. The van der Waals surface area contributed by atoms with Gasteiger partial charge in [0.25, 0.3) is 0 Å². The molecule has 2 heterocycles. The highest BCUT2D eigenvalue weighted by Crippen LogP contribution is 2.22. The monoisotopic (exact) mass is 290 g/mol. The lowest BCUT2D eigenvalue weighted by Gasteiger charge is -2.19. The van der Waals surface area contributed by atoms with Gasteiger partial charge in [0.05, 0.1) is 12.5 Å². The third kappa shape index (κ3) is 2.89. The molecule has 2 aromatic heterocycles. The fourth-order valence-corrected chi connectivity index (χ4v) is 2.48. The molecule has 6 heteroatoms. The molecule has 6 nitrogen and oxygen atoms in total. The van der Waals surface area contributed by atoms with Crippen molar-refractivity contribution < 1.29 is 14.3 Å². The standard InChI is InChI=1S/C15H18N2O4/c1-8-5-6-13(21-8)11(4)17-10(3)12(7-14(18)19)9(2)16-15(17)20/h5-6,11H,7H2,1-4H3,(H,18,19). The van der Waals surface area contributed by atoms with Gasteiger partial charge in [-0.1, -0.05) is 0 Å². The summed E-state index contributed by atoms with van der Waals surface area (Å²) < 4.78 is 7.03. The fraction of sp³-hybridized carbons (Fsp3) is 0.400. The first-order valence-corrected chi connectivity index (χ1v) is 6.68. The van der Waals surface area contributed by atoms with Crippen LogP contribution in [-0.2, 0) is 11.2 Å². The van der Waals surface area contributed by atoms with Crippen LogP contribution in [0.3, 0.4) is 0 Å². The third-order valence-electron chi connectivity index (χ3n) is 3.59. The van der Waals surface area contributed by atoms with E-state index in [-0.39, 0.29) is 12.5 Å². The Hall–Kier alpha value is -2.37. The van der Waals surface area contributed by atoms with Crippen molar-refractivity contribution in [1.82, 2.24) is 9.55 Å². The molecule has 0 fully saturated rings. The molecule has 0 radical (unpaired) electrons. The molecule has 0 aliphatic heterocycles. The van der Waals surface area contributed by atoms with Gasteiger partial charge in [-0.05, 0) is 39.8 Å². The average Bonchev–Trinajstić information content (AvgIpc) is 2.80. The van der Waals surface area contributed by atoms with Crippen LogP contribution in [0.4, 0.5) is 0 Å². The van der Waals surface area contributed by atoms with E-state index in [1.54, 1.807) is 13.8 Å². The van der Waals surface area contributed by atoms with E-state index in [2.05, 4.69) is 4.98 Å². The number of furan rings is 1. The minimum atomic E-state index is -0.949. The maximum absolute atomic E-state index is 12.2. The van der Waals surface area contributed by atoms with Crippen LogP contribution in [0.25, 0.3) is 0 Å². The number of hydrogen-bond donors (Lipinski definition) is 1. The first-order chi connectivity index (χ1) is 9.81. The maximum atomic E-state index is 12.2. The molecule has 1 atom stereocenters. The largest absolute Gasteiger partial charge is 0.481 e. The molecule has 0 bridgehead atoms. The van der Waals surface area contributed by atoms with Crippen LogP contribution in [0.5, 0.6) is 0 Å². The molecule has 112 valence electrons. The number of aliphatic carboxylic acids is 1. The summed E-state index contributed by atoms with van der Waals surface area (Å²) in [5.41, 5.74) is 1.23. The minimum absolute atomic E-state index is 0.158. The zero-order valence-electron chi connectivity index (χ0n) is 12.5. The van der Waals surface area contributed by atoms with Gasteiger partial charge in [0.2, 0.25) is 0 Å². The fourth-order valence-electron chi connectivity index (χ4n) is 2.48. The van der Waals surface area contributed by atoms with Crippen molar-refractivity contribution in [1.29, 1.82) is 0 Å². The van der Waals surface area contributed by atoms with Crippen molar-refractivity contribution >= 4 is 5.97 Å². The predicted molar refractivity (Wildman–Crippen MR) is 76.6 cm³/mol. The van der Waals surface area contributed by atoms with Gasteiger partial charge < -0.3 is 9.52 Å². The van der Waals surface area contributed by atoms with Crippen LogP contribution >= 0.6 is 0 Å². The second-order valence-electron chi connectivity index (χ2n) is 5.11. The average molecular weight is 290 g/mol. The lowest BCUT2D eigenvalue weighted by Crippen LogP contribution is -2.31. The highest BCUT2D eigenvalue weighted by Gasteiger charge is 2.20. The molecule has 0 aliphatic carbocycles. The van der Waals surface area contributed by atoms with Crippen molar-refractivity contribution in [3.8, 4) is 0 Å². The van der Waals surface area contributed by atoms with Gasteiger partial charge >= 0.3 is 11.7 Å². The smallest absolute Gasteiger partial charge is 0.348 e. The van der Waals surface area contributed by atoms with Gasteiger partial charge in [0.15, 0.2) is 0 Å². The molecule has 0 aromatic carbocycles. The molecular weight excluding hydrogens is 272 g/mol. The van der Waals surface area contributed by atoms with Crippen molar-refractivity contribution in [2.75, 3.05) is 0 Å². The molecule has 21 heavy (non-hydrogen) atoms. The van der Waals surface area contributed by atoms with E-state index < -0.39 is 11.7 Å². The topological polar surface area (TPSA) is 85.3 Å². The predicted octanol–water partition coefficient (Wildman–Crippen LogP) is 2.00. The van der Waals surface area contributed by atoms with Gasteiger partial charge in [-0.2, -0.15) is 4.98 Å². The number of rotatable bonds is 4. The lowest BCUT2D eigenvalue weighted by molar-refractivity contribution is -0.136. The van der Waals surface area contributed by atoms with Crippen LogP contribution < -0.4 is 5.69 Å². The van der Waals surface area contributed by atoms with Gasteiger partial charge in [0.1, 0.15) is 11.5 Å². The zero-order valence-corrected chi connectivity index (χ0v) is 12.5. The summed E-state index contributed by atoms with van der Waals surface area (Å²) in [6, 6.07) is 3.29. The van der Waals surface area contributed by atoms with E-state index in [1.165, 1.54) is 4.57 Å². The van der Waals surface area contributed by atoms with Crippen LogP contribution in [0.1, 0.15) is 41.4 Å². The Bertz CT molecular complexity index is 743. The molecule has 2 rings (SSSR count). The highest BCUT2D eigenvalue weighted by molar-refractivity contribution is 5.70. The highest BCUT2D eigenvalue weighted by atomic mass is 16.4. The molecule has 0 saturated carbocycles. The molecule has 1 N–H and O–H groups in total.